The van der Waals surface area contributed by atoms with E-state index >= 15 is 0 Å². The molecule has 0 saturated carbocycles. The van der Waals surface area contributed by atoms with E-state index in [2.05, 4.69) is 392 Å². The summed E-state index contributed by atoms with van der Waals surface area (Å²) in [6.45, 7) is 9.59. The first-order valence-corrected chi connectivity index (χ1v) is 37.4. The van der Waals surface area contributed by atoms with Gasteiger partial charge in [-0.25, -0.2) is 0 Å². The van der Waals surface area contributed by atoms with Gasteiger partial charge in [0.2, 0.25) is 0 Å². The van der Waals surface area contributed by atoms with E-state index < -0.39 is 0 Å². The molecule has 0 N–H and O–H groups in total. The molecule has 2 aliphatic rings. The summed E-state index contributed by atoms with van der Waals surface area (Å²) >= 11 is 0. The second-order valence-electron chi connectivity index (χ2n) is 30.5. The molecule has 20 aromatic carbocycles. The van der Waals surface area contributed by atoms with Crippen LogP contribution in [0, 0.1) is 0 Å². The SMILES string of the molecule is CC1(C)c2cc3ccccc3cc2-c2cccc(-c3cccc(-c4c5ccccc5c(-c5ccc6ccccc6c5)c5ccccc45)c3)c21.CC1(C)c2cc3ccccc3cc2-c2cccc(-c3cccc(-c4c5ccccc5c(-c5cccc6c5ccc5cc7ccccc7cc56)c5ccccc45)c3)c21. The van der Waals surface area contributed by atoms with Gasteiger partial charge < -0.3 is 0 Å². The van der Waals surface area contributed by atoms with E-state index in [4.69, 9.17) is 0 Å². The van der Waals surface area contributed by atoms with E-state index in [-0.39, 0.29) is 10.8 Å². The zero-order chi connectivity index (χ0) is 70.5. The summed E-state index contributed by atoms with van der Waals surface area (Å²) in [7, 11) is 0. The number of hydrogen-bond acceptors (Lipinski definition) is 0. The van der Waals surface area contributed by atoms with Crippen LogP contribution in [0.15, 0.2) is 364 Å². The van der Waals surface area contributed by atoms with Crippen molar-refractivity contribution in [2.45, 2.75) is 38.5 Å². The predicted molar refractivity (Wildman–Crippen MR) is 456 cm³/mol. The number of benzene rings is 20. The fraction of sp³-hybridized carbons (Fsp3) is 0.0566. The molecule has 22 rings (SSSR count). The summed E-state index contributed by atoms with van der Waals surface area (Å²) in [4.78, 5) is 0. The molecule has 0 nitrogen and oxygen atoms in total. The molecule has 0 bridgehead atoms. The molecule has 0 amide bonds. The first kappa shape index (κ1) is 61.6. The fourth-order valence-corrected chi connectivity index (χ4v) is 19.1. The summed E-state index contributed by atoms with van der Waals surface area (Å²) in [5.74, 6) is 0. The van der Waals surface area contributed by atoms with Crippen LogP contribution < -0.4 is 0 Å². The Kier molecular flexibility index (Phi) is 13.8. The topological polar surface area (TPSA) is 0 Å². The van der Waals surface area contributed by atoms with Gasteiger partial charge in [-0.2, -0.15) is 0 Å². The van der Waals surface area contributed by atoms with Gasteiger partial charge in [0.05, 0.1) is 0 Å². The molecule has 0 heterocycles. The smallest absolute Gasteiger partial charge is 0.0165 e. The minimum Gasteiger partial charge on any atom is -0.0616 e. The van der Waals surface area contributed by atoms with Crippen molar-refractivity contribution in [1.82, 2.24) is 0 Å². The van der Waals surface area contributed by atoms with E-state index in [9.17, 15) is 0 Å². The van der Waals surface area contributed by atoms with Gasteiger partial charge in [0.25, 0.3) is 0 Å². The summed E-state index contributed by atoms with van der Waals surface area (Å²) in [5, 5.41) is 25.6. The van der Waals surface area contributed by atoms with Crippen LogP contribution in [0.4, 0.5) is 0 Å². The lowest BCUT2D eigenvalue weighted by molar-refractivity contribution is 0.663. The average Bonchev–Trinajstić information content (AvgIpc) is 1.37. The van der Waals surface area contributed by atoms with E-state index in [1.54, 1.807) is 0 Å². The second kappa shape index (κ2) is 23.8. The normalized spacial score (nSPS) is 13.2. The predicted octanol–water partition coefficient (Wildman–Crippen LogP) is 29.5. The Bertz CT molecular complexity index is 7020. The molecular formula is C106H72. The summed E-state index contributed by atoms with van der Waals surface area (Å²) < 4.78 is 0. The van der Waals surface area contributed by atoms with Crippen molar-refractivity contribution in [2.24, 2.45) is 0 Å². The number of hydrogen-bond donors (Lipinski definition) is 0. The Hall–Kier alpha value is -13.0. The van der Waals surface area contributed by atoms with Crippen molar-refractivity contribution < 1.29 is 0 Å². The highest BCUT2D eigenvalue weighted by atomic mass is 14.4. The average molecular weight is 1350 g/mol. The van der Waals surface area contributed by atoms with Crippen LogP contribution in [0.1, 0.15) is 49.9 Å². The molecule has 0 atom stereocenters. The molecule has 496 valence electrons. The van der Waals surface area contributed by atoms with Gasteiger partial charge >= 0.3 is 0 Å². The molecule has 0 unspecified atom stereocenters. The molecular weight excluding hydrogens is 1270 g/mol. The quantitative estimate of drug-likeness (QED) is 0.115. The summed E-state index contributed by atoms with van der Waals surface area (Å²) in [6, 6.07) is 136. The van der Waals surface area contributed by atoms with Gasteiger partial charge in [0.1, 0.15) is 0 Å². The summed E-state index contributed by atoms with van der Waals surface area (Å²) in [5.41, 5.74) is 26.1. The van der Waals surface area contributed by atoms with Crippen molar-refractivity contribution >= 4 is 108 Å². The molecule has 2 aliphatic carbocycles. The molecule has 0 saturated heterocycles. The zero-order valence-corrected chi connectivity index (χ0v) is 59.6. The molecule has 0 spiro atoms. The molecule has 106 heavy (non-hydrogen) atoms. The highest BCUT2D eigenvalue weighted by Crippen LogP contribution is 2.57. The van der Waals surface area contributed by atoms with Crippen LogP contribution in [0.3, 0.4) is 0 Å². The third kappa shape index (κ3) is 9.47. The Morgan fingerprint density at radius 3 is 0.915 bits per heavy atom. The maximum Gasteiger partial charge on any atom is 0.0165 e. The maximum atomic E-state index is 2.44. The van der Waals surface area contributed by atoms with Crippen LogP contribution in [0.25, 0.3) is 197 Å². The minimum absolute atomic E-state index is 0.123. The van der Waals surface area contributed by atoms with Crippen LogP contribution in [-0.2, 0) is 10.8 Å². The lowest BCUT2D eigenvalue weighted by atomic mass is 9.78. The van der Waals surface area contributed by atoms with Crippen LogP contribution >= 0.6 is 0 Å². The lowest BCUT2D eigenvalue weighted by Gasteiger charge is -2.25. The van der Waals surface area contributed by atoms with Gasteiger partial charge in [0, 0.05) is 10.8 Å². The van der Waals surface area contributed by atoms with Crippen molar-refractivity contribution in [3.63, 3.8) is 0 Å². The first-order valence-electron chi connectivity index (χ1n) is 37.4. The van der Waals surface area contributed by atoms with Gasteiger partial charge in [-0.05, 0) is 274 Å². The van der Waals surface area contributed by atoms with Gasteiger partial charge in [-0.3, -0.25) is 0 Å². The summed E-state index contributed by atoms with van der Waals surface area (Å²) in [6.07, 6.45) is 0. The van der Waals surface area contributed by atoms with Gasteiger partial charge in [-0.15, -0.1) is 0 Å². The highest BCUT2D eigenvalue weighted by Gasteiger charge is 2.40. The van der Waals surface area contributed by atoms with Crippen LogP contribution in [0.2, 0.25) is 0 Å². The third-order valence-electron chi connectivity index (χ3n) is 23.9. The molecule has 0 fully saturated rings. The molecule has 0 heteroatoms. The molecule has 0 aliphatic heterocycles. The van der Waals surface area contributed by atoms with Gasteiger partial charge in [-0.1, -0.05) is 337 Å². The lowest BCUT2D eigenvalue weighted by Crippen LogP contribution is -2.16. The first-order chi connectivity index (χ1) is 52.1. The standard InChI is InChI=1S/C57H38.C49H34/c1-57(2)53-34-38-17-6-5-16-37(38)33-52(53)50-27-12-24-42(56(50)57)39-18-11-19-41(31-39)54-46-20-7-9-22-48(46)55(49-23-10-8-21-47(49)54)45-26-13-25-43-44(45)29-28-40-30-35-14-3-4-15-36(35)32-51(40)43;1-49(2)45-30-34-16-6-5-15-33(34)29-44(45)43-24-12-23-38(48(43)49)35-17-11-18-36(28-35)46-39-19-7-9-21-41(39)47(42-22-10-8-20-40(42)46)37-26-25-31-13-3-4-14-32(31)27-37/h3-34H,1-2H3;3-30H,1-2H3. The third-order valence-corrected chi connectivity index (χ3v) is 23.9. The van der Waals surface area contributed by atoms with E-state index in [1.807, 2.05) is 0 Å². The van der Waals surface area contributed by atoms with E-state index in [0.717, 1.165) is 0 Å². The molecule has 0 aromatic heterocycles. The minimum atomic E-state index is -0.140. The Morgan fingerprint density at radius 2 is 0.462 bits per heavy atom. The maximum absolute atomic E-state index is 2.44. The fourth-order valence-electron chi connectivity index (χ4n) is 19.1. The number of fused-ring (bicyclic) bond motifs is 17. The number of rotatable bonds is 6. The Balaban J connectivity index is 0.000000138. The Morgan fingerprint density at radius 1 is 0.151 bits per heavy atom. The van der Waals surface area contributed by atoms with Crippen LogP contribution in [0.5, 0.6) is 0 Å². The molecule has 20 aromatic rings. The van der Waals surface area contributed by atoms with Crippen molar-refractivity contribution in [1.29, 1.82) is 0 Å². The zero-order valence-electron chi connectivity index (χ0n) is 59.6. The van der Waals surface area contributed by atoms with Gasteiger partial charge in [0.15, 0.2) is 0 Å². The van der Waals surface area contributed by atoms with Crippen LogP contribution in [-0.4, -0.2) is 0 Å². The monoisotopic (exact) mass is 1340 g/mol. The molecule has 0 radical (unpaired) electrons. The second-order valence-corrected chi connectivity index (χ2v) is 30.5. The van der Waals surface area contributed by atoms with Crippen molar-refractivity contribution in [3.8, 4) is 89.0 Å². The Labute approximate surface area is 617 Å². The van der Waals surface area contributed by atoms with Crippen molar-refractivity contribution in [2.75, 3.05) is 0 Å². The highest BCUT2D eigenvalue weighted by molar-refractivity contribution is 6.26. The van der Waals surface area contributed by atoms with E-state index in [1.165, 1.54) is 219 Å². The largest absolute Gasteiger partial charge is 0.0616 e. The van der Waals surface area contributed by atoms with Crippen molar-refractivity contribution in [3.05, 3.63) is 386 Å². The van der Waals surface area contributed by atoms with E-state index in [0.29, 0.717) is 0 Å².